The van der Waals surface area contributed by atoms with Crippen molar-refractivity contribution in [2.75, 3.05) is 24.6 Å². The molecule has 0 saturated heterocycles. The number of hydrogen-bond donors (Lipinski definition) is 1. The smallest absolute Gasteiger partial charge is 0.142 e. The van der Waals surface area contributed by atoms with Crippen molar-refractivity contribution in [2.45, 2.75) is 13.0 Å². The van der Waals surface area contributed by atoms with Crippen molar-refractivity contribution in [3.05, 3.63) is 24.0 Å². The van der Waals surface area contributed by atoms with Gasteiger partial charge in [-0.25, -0.2) is 4.39 Å². The van der Waals surface area contributed by atoms with Crippen LogP contribution in [0.25, 0.3) is 0 Å². The molecule has 1 unspecified atom stereocenters. The molecule has 1 aliphatic heterocycles. The molecule has 0 bridgehead atoms. The van der Waals surface area contributed by atoms with E-state index in [-0.39, 0.29) is 5.82 Å². The van der Waals surface area contributed by atoms with E-state index in [1.165, 1.54) is 12.1 Å². The summed E-state index contributed by atoms with van der Waals surface area (Å²) < 4.78 is 18.5. The van der Waals surface area contributed by atoms with Crippen LogP contribution in [0.2, 0.25) is 0 Å². The second kappa shape index (κ2) is 4.06. The van der Waals surface area contributed by atoms with Crippen molar-refractivity contribution in [3.63, 3.8) is 0 Å². The van der Waals surface area contributed by atoms with Crippen LogP contribution < -0.4 is 9.64 Å². The van der Waals surface area contributed by atoms with Gasteiger partial charge in [-0.05, 0) is 19.1 Å². The number of aliphatic hydroxyl groups is 1. The number of aliphatic hydroxyl groups excluding tert-OH is 1. The number of rotatable bonds is 2. The molecule has 1 atom stereocenters. The number of anilines is 1. The first-order valence-electron chi connectivity index (χ1n) is 5.02. The molecular formula is C11H14FNO2. The summed E-state index contributed by atoms with van der Waals surface area (Å²) in [5.41, 5.74) is 0.724. The second-order valence-electron chi connectivity index (χ2n) is 3.76. The average molecular weight is 211 g/mol. The summed E-state index contributed by atoms with van der Waals surface area (Å²) in [6.07, 6.45) is -0.431. The Balaban J connectivity index is 2.28. The van der Waals surface area contributed by atoms with Gasteiger partial charge in [0.05, 0.1) is 18.3 Å². The van der Waals surface area contributed by atoms with E-state index >= 15 is 0 Å². The van der Waals surface area contributed by atoms with Crippen LogP contribution >= 0.6 is 0 Å². The maximum absolute atomic E-state index is 13.1. The van der Waals surface area contributed by atoms with E-state index in [4.69, 9.17) is 4.74 Å². The summed E-state index contributed by atoms with van der Waals surface area (Å²) >= 11 is 0. The van der Waals surface area contributed by atoms with Gasteiger partial charge >= 0.3 is 0 Å². The molecular weight excluding hydrogens is 197 g/mol. The van der Waals surface area contributed by atoms with Crippen LogP contribution in [0.3, 0.4) is 0 Å². The zero-order chi connectivity index (χ0) is 10.8. The molecule has 0 radical (unpaired) electrons. The number of β-amino-alcohol motifs (C(OH)–C–C–N with tert-alkyl or cyclic N) is 1. The Hall–Kier alpha value is -1.29. The Morgan fingerprint density at radius 3 is 3.13 bits per heavy atom. The van der Waals surface area contributed by atoms with Crippen LogP contribution in [0.15, 0.2) is 18.2 Å². The molecule has 1 aromatic carbocycles. The fourth-order valence-electron chi connectivity index (χ4n) is 1.75. The van der Waals surface area contributed by atoms with E-state index in [9.17, 15) is 9.50 Å². The monoisotopic (exact) mass is 211 g/mol. The van der Waals surface area contributed by atoms with Gasteiger partial charge in [-0.1, -0.05) is 0 Å². The van der Waals surface area contributed by atoms with Crippen LogP contribution in [-0.2, 0) is 0 Å². The molecule has 1 N–H and O–H groups in total. The number of hydrogen-bond acceptors (Lipinski definition) is 3. The third-order valence-electron chi connectivity index (χ3n) is 2.37. The van der Waals surface area contributed by atoms with Crippen LogP contribution in [-0.4, -0.2) is 30.9 Å². The third-order valence-corrected chi connectivity index (χ3v) is 2.37. The van der Waals surface area contributed by atoms with Gasteiger partial charge < -0.3 is 14.7 Å². The fourth-order valence-corrected chi connectivity index (χ4v) is 1.75. The standard InChI is InChI=1S/C11H14FNO2/c1-8(14)7-13-4-5-15-11-3-2-9(12)6-10(11)13/h2-3,6,8,14H,4-5,7H2,1H3. The first-order valence-corrected chi connectivity index (χ1v) is 5.02. The normalized spacial score (nSPS) is 16.9. The lowest BCUT2D eigenvalue weighted by Gasteiger charge is -2.32. The van der Waals surface area contributed by atoms with Crippen molar-refractivity contribution < 1.29 is 14.2 Å². The molecule has 1 aromatic rings. The minimum Gasteiger partial charge on any atom is -0.490 e. The lowest BCUT2D eigenvalue weighted by Crippen LogP contribution is -2.37. The summed E-state index contributed by atoms with van der Waals surface area (Å²) in [4.78, 5) is 1.94. The SMILES string of the molecule is CC(O)CN1CCOc2ccc(F)cc21. The van der Waals surface area contributed by atoms with Gasteiger partial charge in [0, 0.05) is 12.6 Å². The van der Waals surface area contributed by atoms with Crippen LogP contribution in [0, 0.1) is 5.82 Å². The first-order chi connectivity index (χ1) is 7.16. The minimum atomic E-state index is -0.431. The van der Waals surface area contributed by atoms with Gasteiger partial charge in [0.15, 0.2) is 0 Å². The van der Waals surface area contributed by atoms with Gasteiger partial charge in [-0.3, -0.25) is 0 Å². The predicted octanol–water partition coefficient (Wildman–Crippen LogP) is 1.41. The second-order valence-corrected chi connectivity index (χ2v) is 3.76. The van der Waals surface area contributed by atoms with E-state index in [2.05, 4.69) is 0 Å². The highest BCUT2D eigenvalue weighted by Crippen LogP contribution is 2.31. The molecule has 0 amide bonds. The highest BCUT2D eigenvalue weighted by atomic mass is 19.1. The van der Waals surface area contributed by atoms with E-state index in [1.807, 2.05) is 4.90 Å². The number of benzene rings is 1. The van der Waals surface area contributed by atoms with Gasteiger partial charge in [-0.15, -0.1) is 0 Å². The summed E-state index contributed by atoms with van der Waals surface area (Å²) in [5.74, 6) is 0.401. The Morgan fingerprint density at radius 2 is 2.40 bits per heavy atom. The summed E-state index contributed by atoms with van der Waals surface area (Å²) in [7, 11) is 0. The topological polar surface area (TPSA) is 32.7 Å². The Labute approximate surface area is 88.1 Å². The maximum atomic E-state index is 13.1. The van der Waals surface area contributed by atoms with E-state index in [0.29, 0.717) is 25.4 Å². The highest BCUT2D eigenvalue weighted by molar-refractivity contribution is 5.60. The van der Waals surface area contributed by atoms with Crippen molar-refractivity contribution in [2.24, 2.45) is 0 Å². The molecule has 0 saturated carbocycles. The van der Waals surface area contributed by atoms with Gasteiger partial charge in [0.2, 0.25) is 0 Å². The third kappa shape index (κ3) is 2.21. The summed E-state index contributed by atoms with van der Waals surface area (Å²) in [5, 5.41) is 9.32. The number of ether oxygens (including phenoxy) is 1. The van der Waals surface area contributed by atoms with Crippen LogP contribution in [0.1, 0.15) is 6.92 Å². The molecule has 82 valence electrons. The number of halogens is 1. The quantitative estimate of drug-likeness (QED) is 0.802. The van der Waals surface area contributed by atoms with Gasteiger partial charge in [0.25, 0.3) is 0 Å². The lowest BCUT2D eigenvalue weighted by atomic mass is 10.2. The Kier molecular flexibility index (Phi) is 2.77. The van der Waals surface area contributed by atoms with Crippen LogP contribution in [0.4, 0.5) is 10.1 Å². The zero-order valence-corrected chi connectivity index (χ0v) is 8.61. The molecule has 0 fully saturated rings. The van der Waals surface area contributed by atoms with Crippen molar-refractivity contribution >= 4 is 5.69 Å². The molecule has 1 heterocycles. The summed E-state index contributed by atoms with van der Waals surface area (Å²) in [6.45, 7) is 3.47. The fraction of sp³-hybridized carbons (Fsp3) is 0.455. The van der Waals surface area contributed by atoms with Gasteiger partial charge in [-0.2, -0.15) is 0 Å². The molecule has 0 aromatic heterocycles. The molecule has 2 rings (SSSR count). The molecule has 4 heteroatoms. The van der Waals surface area contributed by atoms with E-state index < -0.39 is 6.10 Å². The number of nitrogens with zero attached hydrogens (tertiary/aromatic N) is 1. The molecule has 3 nitrogen and oxygen atoms in total. The molecule has 15 heavy (non-hydrogen) atoms. The van der Waals surface area contributed by atoms with Crippen molar-refractivity contribution in [1.29, 1.82) is 0 Å². The minimum absolute atomic E-state index is 0.283. The van der Waals surface area contributed by atoms with Gasteiger partial charge in [0.1, 0.15) is 18.2 Å². The largest absolute Gasteiger partial charge is 0.490 e. The summed E-state index contributed by atoms with van der Waals surface area (Å²) in [6, 6.07) is 4.44. The number of fused-ring (bicyclic) bond motifs is 1. The van der Waals surface area contributed by atoms with Crippen molar-refractivity contribution in [1.82, 2.24) is 0 Å². The Morgan fingerprint density at radius 1 is 1.60 bits per heavy atom. The average Bonchev–Trinajstić information content (AvgIpc) is 2.18. The molecule has 1 aliphatic rings. The predicted molar refractivity (Wildman–Crippen MR) is 55.8 cm³/mol. The molecule has 0 spiro atoms. The van der Waals surface area contributed by atoms with E-state index in [1.54, 1.807) is 13.0 Å². The Bertz CT molecular complexity index is 354. The van der Waals surface area contributed by atoms with Crippen LogP contribution in [0.5, 0.6) is 5.75 Å². The maximum Gasteiger partial charge on any atom is 0.142 e. The lowest BCUT2D eigenvalue weighted by molar-refractivity contribution is 0.194. The zero-order valence-electron chi connectivity index (χ0n) is 8.61. The van der Waals surface area contributed by atoms with Crippen molar-refractivity contribution in [3.8, 4) is 5.75 Å². The van der Waals surface area contributed by atoms with E-state index in [0.717, 1.165) is 5.69 Å². The first kappa shape index (κ1) is 10.2. The highest BCUT2D eigenvalue weighted by Gasteiger charge is 2.19. The molecule has 0 aliphatic carbocycles.